The average Bonchev–Trinajstić information content (AvgIpc) is 3.18. The number of para-hydroxylation sites is 1. The number of nitrogens with zero attached hydrogens (tertiary/aromatic N) is 2. The third kappa shape index (κ3) is 4.02. The highest BCUT2D eigenvalue weighted by molar-refractivity contribution is 7.80. The van der Waals surface area contributed by atoms with Gasteiger partial charge in [-0.2, -0.15) is 0 Å². The van der Waals surface area contributed by atoms with E-state index in [0.717, 1.165) is 5.69 Å². The molecule has 2 aromatic carbocycles. The topological polar surface area (TPSA) is 99.9 Å². The fraction of sp³-hybridized carbons (Fsp3) is 0.174. The lowest BCUT2D eigenvalue weighted by Crippen LogP contribution is -2.48. The van der Waals surface area contributed by atoms with Crippen molar-refractivity contribution < 1.29 is 19.2 Å². The van der Waals surface area contributed by atoms with Crippen LogP contribution in [0.5, 0.6) is 11.5 Å². The van der Waals surface area contributed by atoms with Crippen molar-refractivity contribution in [3.63, 3.8) is 0 Å². The fourth-order valence-electron chi connectivity index (χ4n) is 3.67. The van der Waals surface area contributed by atoms with Gasteiger partial charge in [-0.1, -0.05) is 29.4 Å². The number of amides is 1. The minimum Gasteiger partial charge on any atom is -0.504 e. The molecule has 3 N–H and O–H groups in total. The molecule has 1 aliphatic heterocycles. The van der Waals surface area contributed by atoms with Crippen molar-refractivity contribution >= 4 is 34.7 Å². The van der Waals surface area contributed by atoms with Crippen molar-refractivity contribution in [2.75, 3.05) is 17.3 Å². The van der Waals surface area contributed by atoms with E-state index in [1.165, 1.54) is 7.11 Å². The lowest BCUT2D eigenvalue weighted by atomic mass is 9.93. The number of benzene rings is 2. The normalized spacial score (nSPS) is 16.0. The molecular formula is C23H22N4O4S. The number of aromatic hydroxyl groups is 1. The Morgan fingerprint density at radius 3 is 2.59 bits per heavy atom. The van der Waals surface area contributed by atoms with Crippen LogP contribution in [-0.4, -0.2) is 28.4 Å². The van der Waals surface area contributed by atoms with Crippen LogP contribution < -0.4 is 20.3 Å². The molecule has 1 aromatic heterocycles. The van der Waals surface area contributed by atoms with Crippen molar-refractivity contribution in [1.29, 1.82) is 0 Å². The van der Waals surface area contributed by atoms with E-state index in [9.17, 15) is 9.90 Å². The number of carbonyl (C=O) groups is 1. The molecular weight excluding hydrogens is 428 g/mol. The Hall–Kier alpha value is -3.85. The van der Waals surface area contributed by atoms with Crippen LogP contribution in [0.15, 0.2) is 70.4 Å². The summed E-state index contributed by atoms with van der Waals surface area (Å²) in [5.74, 6) is 0.822. The number of thiocarbonyl (C=S) groups is 1. The zero-order chi connectivity index (χ0) is 22.8. The van der Waals surface area contributed by atoms with Crippen LogP contribution in [0.2, 0.25) is 0 Å². The van der Waals surface area contributed by atoms with Gasteiger partial charge >= 0.3 is 0 Å². The molecule has 3 aromatic rings. The highest BCUT2D eigenvalue weighted by Gasteiger charge is 2.35. The van der Waals surface area contributed by atoms with Crippen molar-refractivity contribution in [2.45, 2.75) is 19.9 Å². The first-order valence-corrected chi connectivity index (χ1v) is 10.3. The molecule has 1 atom stereocenters. The zero-order valence-corrected chi connectivity index (χ0v) is 18.6. The summed E-state index contributed by atoms with van der Waals surface area (Å²) < 4.78 is 10.2. The number of anilines is 2. The third-order valence-corrected chi connectivity index (χ3v) is 5.45. The first kappa shape index (κ1) is 21.4. The summed E-state index contributed by atoms with van der Waals surface area (Å²) in [6.07, 6.45) is 0. The van der Waals surface area contributed by atoms with E-state index in [1.807, 2.05) is 37.3 Å². The minimum atomic E-state index is -0.604. The Kier molecular flexibility index (Phi) is 5.83. The van der Waals surface area contributed by atoms with Gasteiger partial charge in [0.05, 0.1) is 18.7 Å². The molecule has 4 rings (SSSR count). The molecule has 0 bridgehead atoms. The maximum absolute atomic E-state index is 13.4. The van der Waals surface area contributed by atoms with Gasteiger partial charge in [0.25, 0.3) is 5.91 Å². The van der Waals surface area contributed by atoms with Crippen LogP contribution >= 0.6 is 12.2 Å². The summed E-state index contributed by atoms with van der Waals surface area (Å²) in [6, 6.07) is 15.5. The number of hydrogen-bond donors (Lipinski definition) is 3. The van der Waals surface area contributed by atoms with Gasteiger partial charge in [-0.15, -0.1) is 0 Å². The fourth-order valence-corrected chi connectivity index (χ4v) is 4.03. The van der Waals surface area contributed by atoms with Gasteiger partial charge in [0.2, 0.25) is 0 Å². The van der Waals surface area contributed by atoms with Crippen molar-refractivity contribution in [2.24, 2.45) is 0 Å². The highest BCUT2D eigenvalue weighted by Crippen LogP contribution is 2.37. The maximum atomic E-state index is 13.4. The number of nitrogens with one attached hydrogen (secondary N) is 2. The Morgan fingerprint density at radius 1 is 1.22 bits per heavy atom. The Labute approximate surface area is 190 Å². The molecule has 0 aliphatic carbocycles. The first-order chi connectivity index (χ1) is 15.4. The smallest absolute Gasteiger partial charge is 0.257 e. The second kappa shape index (κ2) is 8.72. The highest BCUT2D eigenvalue weighted by atomic mass is 32.1. The first-order valence-electron chi connectivity index (χ1n) is 9.87. The van der Waals surface area contributed by atoms with E-state index in [1.54, 1.807) is 36.1 Å². The predicted molar refractivity (Wildman–Crippen MR) is 125 cm³/mol. The number of phenols is 1. The number of rotatable bonds is 5. The van der Waals surface area contributed by atoms with Crippen molar-refractivity contribution in [3.05, 3.63) is 77.2 Å². The monoisotopic (exact) mass is 450 g/mol. The molecule has 0 saturated carbocycles. The molecule has 0 radical (unpaired) electrons. The number of hydrogen-bond acceptors (Lipinski definition) is 6. The third-order valence-electron chi connectivity index (χ3n) is 5.15. The molecule has 164 valence electrons. The molecule has 9 heteroatoms. The van der Waals surface area contributed by atoms with E-state index in [-0.39, 0.29) is 11.7 Å². The predicted octanol–water partition coefficient (Wildman–Crippen LogP) is 4.05. The molecule has 2 heterocycles. The maximum Gasteiger partial charge on any atom is 0.257 e. The average molecular weight is 451 g/mol. The SMILES string of the molecule is COc1ccc([C@H]2NC(=S)N(c3ccccc3)C(C)=C2C(=O)Nc2cc(C)on2)cc1O. The molecule has 8 nitrogen and oxygen atoms in total. The van der Waals surface area contributed by atoms with Gasteiger partial charge < -0.3 is 25.0 Å². The molecule has 1 amide bonds. The van der Waals surface area contributed by atoms with Crippen LogP contribution in [0.1, 0.15) is 24.3 Å². The number of aryl methyl sites for hydroxylation is 1. The standard InChI is InChI=1S/C23H22N4O4S/c1-13-11-19(26-31-13)24-22(29)20-14(2)27(16-7-5-4-6-8-16)23(32)25-21(20)15-9-10-18(30-3)17(28)12-15/h4-12,21,28H,1-3H3,(H,25,32)(H,24,26,29)/t21-/m1/s1. The van der Waals surface area contributed by atoms with E-state index in [0.29, 0.717) is 39.3 Å². The van der Waals surface area contributed by atoms with Crippen LogP contribution in [0.25, 0.3) is 0 Å². The summed E-state index contributed by atoms with van der Waals surface area (Å²) in [6.45, 7) is 3.58. The number of methoxy groups -OCH3 is 1. The Balaban J connectivity index is 1.81. The molecule has 32 heavy (non-hydrogen) atoms. The van der Waals surface area contributed by atoms with Gasteiger partial charge in [0, 0.05) is 17.5 Å². The summed E-state index contributed by atoms with van der Waals surface area (Å²) >= 11 is 5.65. The number of aromatic nitrogens is 1. The summed E-state index contributed by atoms with van der Waals surface area (Å²) in [7, 11) is 1.48. The van der Waals surface area contributed by atoms with Crippen LogP contribution in [0.3, 0.4) is 0 Å². The van der Waals surface area contributed by atoms with E-state index >= 15 is 0 Å². The number of carbonyl (C=O) groups excluding carboxylic acids is 1. The van der Waals surface area contributed by atoms with Crippen LogP contribution in [0, 0.1) is 6.92 Å². The minimum absolute atomic E-state index is 0.0345. The second-order valence-corrected chi connectivity index (χ2v) is 7.65. The lowest BCUT2D eigenvalue weighted by Gasteiger charge is -2.37. The summed E-state index contributed by atoms with van der Waals surface area (Å²) in [5, 5.41) is 20.6. The van der Waals surface area contributed by atoms with E-state index in [4.69, 9.17) is 21.5 Å². The van der Waals surface area contributed by atoms with Gasteiger partial charge in [-0.3, -0.25) is 9.69 Å². The number of allylic oxidation sites excluding steroid dienone is 1. The molecule has 0 unspecified atom stereocenters. The zero-order valence-electron chi connectivity index (χ0n) is 17.7. The van der Waals surface area contributed by atoms with Crippen LogP contribution in [0.4, 0.5) is 11.5 Å². The largest absolute Gasteiger partial charge is 0.504 e. The Bertz CT molecular complexity index is 1210. The number of ether oxygens (including phenoxy) is 1. The van der Waals surface area contributed by atoms with Gasteiger partial charge in [0.15, 0.2) is 22.4 Å². The van der Waals surface area contributed by atoms with E-state index < -0.39 is 6.04 Å². The lowest BCUT2D eigenvalue weighted by molar-refractivity contribution is -0.113. The van der Waals surface area contributed by atoms with Crippen molar-refractivity contribution in [3.8, 4) is 11.5 Å². The van der Waals surface area contributed by atoms with Gasteiger partial charge in [0.1, 0.15) is 5.76 Å². The molecule has 1 aliphatic rings. The van der Waals surface area contributed by atoms with Gasteiger partial charge in [-0.25, -0.2) is 0 Å². The van der Waals surface area contributed by atoms with Crippen molar-refractivity contribution in [1.82, 2.24) is 10.5 Å². The molecule has 0 fully saturated rings. The molecule has 0 saturated heterocycles. The number of phenolic OH excluding ortho intramolecular Hbond substituents is 1. The molecule has 0 spiro atoms. The Morgan fingerprint density at radius 2 is 1.97 bits per heavy atom. The van der Waals surface area contributed by atoms with Gasteiger partial charge in [-0.05, 0) is 55.9 Å². The van der Waals surface area contributed by atoms with E-state index in [2.05, 4.69) is 15.8 Å². The summed E-state index contributed by atoms with van der Waals surface area (Å²) in [5.41, 5.74) is 2.55. The van der Waals surface area contributed by atoms with Crippen LogP contribution in [-0.2, 0) is 4.79 Å². The quantitative estimate of drug-likeness (QED) is 0.501. The second-order valence-electron chi connectivity index (χ2n) is 7.26. The summed E-state index contributed by atoms with van der Waals surface area (Å²) in [4.78, 5) is 15.2.